The van der Waals surface area contributed by atoms with E-state index < -0.39 is 5.97 Å². The molecule has 0 spiro atoms. The van der Waals surface area contributed by atoms with Crippen molar-refractivity contribution in [2.45, 2.75) is 6.92 Å². The predicted octanol–water partition coefficient (Wildman–Crippen LogP) is 2.19. The van der Waals surface area contributed by atoms with Crippen LogP contribution in [-0.4, -0.2) is 21.7 Å². The fraction of sp³-hybridized carbons (Fsp3) is 0.0909. The second kappa shape index (κ2) is 4.21. The summed E-state index contributed by atoms with van der Waals surface area (Å²) in [5.74, 6) is -1.42. The van der Waals surface area contributed by atoms with E-state index >= 15 is 0 Å². The third-order valence-corrected chi connectivity index (χ3v) is 2.75. The Morgan fingerprint density at radius 3 is 2.65 bits per heavy atom. The van der Waals surface area contributed by atoms with Crippen LogP contribution in [0.25, 0.3) is 10.9 Å². The molecule has 2 aromatic rings. The standard InChI is InChI=1S/C11H9BrN2O3/c1-6(15)13-14-9-3-2-8(12)4-7(9)5-10(14)11(16)17/h2-5H,1H3,(H,13,15)(H,16,17). The number of carboxylic acids is 1. The molecule has 1 aromatic heterocycles. The molecule has 1 amide bonds. The van der Waals surface area contributed by atoms with Gasteiger partial charge in [-0.05, 0) is 24.3 Å². The van der Waals surface area contributed by atoms with Crippen LogP contribution in [0.15, 0.2) is 28.7 Å². The van der Waals surface area contributed by atoms with Crippen LogP contribution >= 0.6 is 15.9 Å². The third-order valence-electron chi connectivity index (χ3n) is 2.25. The molecule has 1 heterocycles. The first-order chi connectivity index (χ1) is 7.99. The summed E-state index contributed by atoms with van der Waals surface area (Å²) in [6.45, 7) is 1.33. The van der Waals surface area contributed by atoms with Crippen molar-refractivity contribution in [1.82, 2.24) is 4.68 Å². The van der Waals surface area contributed by atoms with Gasteiger partial charge in [-0.2, -0.15) is 0 Å². The lowest BCUT2D eigenvalue weighted by atomic mass is 10.2. The molecule has 0 unspecified atom stereocenters. The Balaban J connectivity index is 2.71. The van der Waals surface area contributed by atoms with Crippen LogP contribution in [-0.2, 0) is 4.79 Å². The van der Waals surface area contributed by atoms with Gasteiger partial charge in [-0.3, -0.25) is 10.2 Å². The molecule has 0 atom stereocenters. The number of fused-ring (bicyclic) bond motifs is 1. The van der Waals surface area contributed by atoms with E-state index in [1.54, 1.807) is 18.2 Å². The first-order valence-electron chi connectivity index (χ1n) is 4.81. The molecule has 0 aliphatic heterocycles. The maximum absolute atomic E-state index is 11.1. The SMILES string of the molecule is CC(=O)Nn1c(C(=O)O)cc2cc(Br)ccc21. The number of hydrogen-bond acceptors (Lipinski definition) is 2. The number of benzene rings is 1. The average Bonchev–Trinajstić information content (AvgIpc) is 2.55. The number of aromatic nitrogens is 1. The molecule has 0 saturated heterocycles. The lowest BCUT2D eigenvalue weighted by Crippen LogP contribution is -2.23. The smallest absolute Gasteiger partial charge is 0.354 e. The van der Waals surface area contributed by atoms with Gasteiger partial charge < -0.3 is 5.11 Å². The second-order valence-electron chi connectivity index (χ2n) is 3.54. The summed E-state index contributed by atoms with van der Waals surface area (Å²) >= 11 is 3.31. The van der Waals surface area contributed by atoms with Crippen LogP contribution < -0.4 is 5.43 Å². The average molecular weight is 297 g/mol. The fourth-order valence-electron chi connectivity index (χ4n) is 1.62. The zero-order chi connectivity index (χ0) is 12.6. The van der Waals surface area contributed by atoms with Crippen molar-refractivity contribution in [1.29, 1.82) is 0 Å². The summed E-state index contributed by atoms with van der Waals surface area (Å²) in [6.07, 6.45) is 0. The first kappa shape index (κ1) is 11.7. The van der Waals surface area contributed by atoms with Crippen molar-refractivity contribution in [3.63, 3.8) is 0 Å². The number of carbonyl (C=O) groups is 2. The maximum atomic E-state index is 11.1. The number of amides is 1. The Hall–Kier alpha value is -1.82. The largest absolute Gasteiger partial charge is 0.477 e. The quantitative estimate of drug-likeness (QED) is 0.892. The van der Waals surface area contributed by atoms with Gasteiger partial charge in [0.1, 0.15) is 5.69 Å². The summed E-state index contributed by atoms with van der Waals surface area (Å²) in [5.41, 5.74) is 3.14. The summed E-state index contributed by atoms with van der Waals surface area (Å²) in [4.78, 5) is 22.1. The van der Waals surface area contributed by atoms with Gasteiger partial charge in [0.25, 0.3) is 0 Å². The monoisotopic (exact) mass is 296 g/mol. The van der Waals surface area contributed by atoms with Gasteiger partial charge >= 0.3 is 5.97 Å². The minimum absolute atomic E-state index is 0.0216. The van der Waals surface area contributed by atoms with Crippen LogP contribution in [0.5, 0.6) is 0 Å². The Labute approximate surface area is 105 Å². The predicted molar refractivity (Wildman–Crippen MR) is 66.6 cm³/mol. The van der Waals surface area contributed by atoms with Crippen molar-refractivity contribution in [3.05, 3.63) is 34.4 Å². The first-order valence-corrected chi connectivity index (χ1v) is 5.60. The number of nitrogens with one attached hydrogen (secondary N) is 1. The van der Waals surface area contributed by atoms with E-state index in [4.69, 9.17) is 5.11 Å². The Morgan fingerprint density at radius 1 is 1.35 bits per heavy atom. The van der Waals surface area contributed by atoms with Gasteiger partial charge in [0.2, 0.25) is 5.91 Å². The van der Waals surface area contributed by atoms with Crippen molar-refractivity contribution in [2.75, 3.05) is 5.43 Å². The molecule has 2 N–H and O–H groups in total. The molecule has 0 aliphatic carbocycles. The van der Waals surface area contributed by atoms with Gasteiger partial charge in [-0.15, -0.1) is 0 Å². The van der Waals surface area contributed by atoms with Gasteiger partial charge in [0.05, 0.1) is 5.52 Å². The summed E-state index contributed by atoms with van der Waals surface area (Å²) in [5, 5.41) is 9.81. The highest BCUT2D eigenvalue weighted by Gasteiger charge is 2.15. The Morgan fingerprint density at radius 2 is 2.06 bits per heavy atom. The van der Waals surface area contributed by atoms with Crippen molar-refractivity contribution >= 4 is 38.7 Å². The number of hydrogen-bond donors (Lipinski definition) is 2. The minimum atomic E-state index is -1.09. The molecule has 17 heavy (non-hydrogen) atoms. The van der Waals surface area contributed by atoms with Crippen LogP contribution in [0.1, 0.15) is 17.4 Å². The van der Waals surface area contributed by atoms with E-state index in [1.807, 2.05) is 0 Å². The highest BCUT2D eigenvalue weighted by Crippen LogP contribution is 2.23. The van der Waals surface area contributed by atoms with Crippen LogP contribution in [0.2, 0.25) is 0 Å². The number of halogens is 1. The zero-order valence-corrected chi connectivity index (χ0v) is 10.5. The summed E-state index contributed by atoms with van der Waals surface area (Å²) in [7, 11) is 0. The lowest BCUT2D eigenvalue weighted by Gasteiger charge is -2.07. The van der Waals surface area contributed by atoms with Crippen LogP contribution in [0.4, 0.5) is 0 Å². The maximum Gasteiger partial charge on any atom is 0.354 e. The van der Waals surface area contributed by atoms with Crippen LogP contribution in [0.3, 0.4) is 0 Å². The number of nitrogens with zero attached hydrogens (tertiary/aromatic N) is 1. The highest BCUT2D eigenvalue weighted by molar-refractivity contribution is 9.10. The number of aromatic carboxylic acids is 1. The zero-order valence-electron chi connectivity index (χ0n) is 8.90. The van der Waals surface area contributed by atoms with E-state index in [9.17, 15) is 9.59 Å². The molecule has 1 aromatic carbocycles. The van der Waals surface area contributed by atoms with E-state index in [0.29, 0.717) is 5.52 Å². The molecular formula is C11H9BrN2O3. The molecule has 0 bridgehead atoms. The van der Waals surface area contributed by atoms with Gasteiger partial charge in [0.15, 0.2) is 0 Å². The molecular weight excluding hydrogens is 288 g/mol. The van der Waals surface area contributed by atoms with Crippen LogP contribution in [0, 0.1) is 0 Å². The lowest BCUT2D eigenvalue weighted by molar-refractivity contribution is -0.115. The summed E-state index contributed by atoms with van der Waals surface area (Å²) in [6, 6.07) is 6.83. The van der Waals surface area contributed by atoms with Gasteiger partial charge in [-0.1, -0.05) is 15.9 Å². The molecule has 0 radical (unpaired) electrons. The number of carbonyl (C=O) groups excluding carboxylic acids is 1. The Kier molecular flexibility index (Phi) is 2.89. The van der Waals surface area contributed by atoms with Crippen molar-refractivity contribution in [2.24, 2.45) is 0 Å². The second-order valence-corrected chi connectivity index (χ2v) is 4.46. The van der Waals surface area contributed by atoms with E-state index in [1.165, 1.54) is 17.7 Å². The summed E-state index contributed by atoms with van der Waals surface area (Å²) < 4.78 is 2.12. The molecule has 0 saturated carbocycles. The third kappa shape index (κ3) is 2.16. The highest BCUT2D eigenvalue weighted by atomic mass is 79.9. The number of rotatable bonds is 2. The van der Waals surface area contributed by atoms with E-state index in [-0.39, 0.29) is 11.6 Å². The normalized spacial score (nSPS) is 10.5. The van der Waals surface area contributed by atoms with E-state index in [2.05, 4.69) is 21.4 Å². The van der Waals surface area contributed by atoms with Gasteiger partial charge in [-0.25, -0.2) is 9.47 Å². The topological polar surface area (TPSA) is 71.3 Å². The fourth-order valence-corrected chi connectivity index (χ4v) is 2.00. The Bertz CT molecular complexity index is 618. The van der Waals surface area contributed by atoms with Crippen molar-refractivity contribution < 1.29 is 14.7 Å². The number of carboxylic acid groups (broad SMARTS) is 1. The molecule has 2 rings (SSSR count). The molecule has 88 valence electrons. The minimum Gasteiger partial charge on any atom is -0.477 e. The molecule has 5 nitrogen and oxygen atoms in total. The van der Waals surface area contributed by atoms with Gasteiger partial charge in [0, 0.05) is 16.8 Å². The molecule has 6 heteroatoms. The molecule has 0 aliphatic rings. The van der Waals surface area contributed by atoms with E-state index in [0.717, 1.165) is 9.86 Å². The van der Waals surface area contributed by atoms with Crippen molar-refractivity contribution in [3.8, 4) is 0 Å². The molecule has 0 fully saturated rings.